The number of hydrogen-bond donors (Lipinski definition) is 1. The molecule has 1 N–H and O–H groups in total. The van der Waals surface area contributed by atoms with E-state index >= 15 is 0 Å². The van der Waals surface area contributed by atoms with Crippen LogP contribution in [-0.4, -0.2) is 36.7 Å². The average Bonchev–Trinajstić information content (AvgIpc) is 2.81. The van der Waals surface area contributed by atoms with Crippen LogP contribution in [-0.2, 0) is 27.2 Å². The lowest BCUT2D eigenvalue weighted by molar-refractivity contribution is -0.109. The first-order chi connectivity index (χ1) is 11.7. The van der Waals surface area contributed by atoms with E-state index in [4.69, 9.17) is 14.2 Å². The smallest absolute Gasteiger partial charge is 0.418 e. The minimum Gasteiger partial charge on any atom is -0.418 e. The van der Waals surface area contributed by atoms with Crippen molar-refractivity contribution in [3.8, 4) is 0 Å². The van der Waals surface area contributed by atoms with Gasteiger partial charge in [0.05, 0.1) is 12.8 Å². The molecule has 7 nitrogen and oxygen atoms in total. The van der Waals surface area contributed by atoms with Gasteiger partial charge in [-0.3, -0.25) is 4.90 Å². The Labute approximate surface area is 140 Å². The van der Waals surface area contributed by atoms with E-state index in [1.165, 1.54) is 11.2 Å². The molecule has 0 unspecified atom stereocenters. The first-order valence-electron chi connectivity index (χ1n) is 7.85. The number of anilines is 1. The lowest BCUT2D eigenvalue weighted by Gasteiger charge is -2.25. The molecule has 0 spiro atoms. The van der Waals surface area contributed by atoms with Gasteiger partial charge in [0.15, 0.2) is 0 Å². The molecule has 24 heavy (non-hydrogen) atoms. The van der Waals surface area contributed by atoms with Crippen molar-refractivity contribution in [1.82, 2.24) is 9.88 Å². The Morgan fingerprint density at radius 3 is 3.00 bits per heavy atom. The molecule has 0 radical (unpaired) electrons. The zero-order chi connectivity index (χ0) is 16.9. The third-order valence-corrected chi connectivity index (χ3v) is 3.98. The Hall–Kier alpha value is -2.38. The van der Waals surface area contributed by atoms with Gasteiger partial charge in [-0.1, -0.05) is 0 Å². The molecule has 2 aliphatic rings. The maximum atomic E-state index is 12.0. The molecular weight excluding hydrogens is 310 g/mol. The summed E-state index contributed by atoms with van der Waals surface area (Å²) in [6.45, 7) is 1.23. The summed E-state index contributed by atoms with van der Waals surface area (Å²) in [7, 11) is 3.13. The summed E-state index contributed by atoms with van der Waals surface area (Å²) < 4.78 is 15.8. The number of nitrogens with zero attached hydrogens (tertiary/aromatic N) is 2. The second-order valence-corrected chi connectivity index (χ2v) is 5.56. The van der Waals surface area contributed by atoms with E-state index in [2.05, 4.69) is 16.4 Å². The van der Waals surface area contributed by atoms with Crippen molar-refractivity contribution in [2.45, 2.75) is 25.7 Å². The molecule has 3 rings (SSSR count). The summed E-state index contributed by atoms with van der Waals surface area (Å²) in [4.78, 5) is 18.2. The van der Waals surface area contributed by atoms with Gasteiger partial charge in [-0.05, 0) is 42.2 Å². The molecule has 2 aliphatic heterocycles. The van der Waals surface area contributed by atoms with Gasteiger partial charge in [-0.25, -0.2) is 9.78 Å². The van der Waals surface area contributed by atoms with Crippen molar-refractivity contribution in [2.24, 2.45) is 0 Å². The number of aromatic nitrogens is 1. The van der Waals surface area contributed by atoms with E-state index < -0.39 is 12.4 Å². The summed E-state index contributed by atoms with van der Waals surface area (Å²) in [5, 5.41) is 3.30. The third-order valence-electron chi connectivity index (χ3n) is 3.98. The van der Waals surface area contributed by atoms with Crippen LogP contribution in [0.4, 0.5) is 10.6 Å². The number of rotatable bonds is 5. The highest BCUT2D eigenvalue weighted by atomic mass is 16.7. The quantitative estimate of drug-likeness (QED) is 0.836. The zero-order valence-electron chi connectivity index (χ0n) is 13.8. The summed E-state index contributed by atoms with van der Waals surface area (Å²) >= 11 is 0. The number of carbonyl (C=O) groups excluding carboxylic acids is 1. The van der Waals surface area contributed by atoms with Gasteiger partial charge in [0.25, 0.3) is 0 Å². The zero-order valence-corrected chi connectivity index (χ0v) is 13.8. The van der Waals surface area contributed by atoms with Crippen LogP contribution in [0.25, 0.3) is 0 Å². The standard InChI is InChI=1S/C17H21N3O4/c1-22-16(23-2)14-13(10-12-6-5-7-18-15(12)19-14)11-20-8-3-4-9-24-17(20)21/h3-4,8-10,16H,5-7,11H2,1-2H3,(H,18,19). The molecule has 1 aromatic heterocycles. The number of hydrogen-bond acceptors (Lipinski definition) is 6. The Morgan fingerprint density at radius 2 is 2.21 bits per heavy atom. The highest BCUT2D eigenvalue weighted by Crippen LogP contribution is 2.29. The highest BCUT2D eigenvalue weighted by molar-refractivity contribution is 5.70. The van der Waals surface area contributed by atoms with Crippen molar-refractivity contribution in [2.75, 3.05) is 26.1 Å². The van der Waals surface area contributed by atoms with Crippen molar-refractivity contribution in [3.05, 3.63) is 47.5 Å². The van der Waals surface area contributed by atoms with E-state index in [1.807, 2.05) is 0 Å². The van der Waals surface area contributed by atoms with Crippen molar-refractivity contribution in [3.63, 3.8) is 0 Å². The van der Waals surface area contributed by atoms with Crippen LogP contribution >= 0.6 is 0 Å². The van der Waals surface area contributed by atoms with Crippen LogP contribution < -0.4 is 5.32 Å². The van der Waals surface area contributed by atoms with Gasteiger partial charge in [-0.2, -0.15) is 0 Å². The second kappa shape index (κ2) is 7.46. The predicted molar refractivity (Wildman–Crippen MR) is 88.1 cm³/mol. The molecule has 0 saturated heterocycles. The lowest BCUT2D eigenvalue weighted by Crippen LogP contribution is -2.26. The van der Waals surface area contributed by atoms with Crippen LogP contribution in [0.2, 0.25) is 0 Å². The number of amides is 1. The summed E-state index contributed by atoms with van der Waals surface area (Å²) in [5.74, 6) is 0.856. The van der Waals surface area contributed by atoms with E-state index in [-0.39, 0.29) is 0 Å². The number of pyridine rings is 1. The highest BCUT2D eigenvalue weighted by Gasteiger charge is 2.24. The van der Waals surface area contributed by atoms with Gasteiger partial charge in [0, 0.05) is 27.0 Å². The van der Waals surface area contributed by atoms with Crippen LogP contribution in [0.5, 0.6) is 0 Å². The fourth-order valence-electron chi connectivity index (χ4n) is 2.82. The molecule has 1 aromatic rings. The van der Waals surface area contributed by atoms with Gasteiger partial charge < -0.3 is 19.5 Å². The van der Waals surface area contributed by atoms with E-state index in [9.17, 15) is 4.79 Å². The molecule has 128 valence electrons. The molecule has 0 aliphatic carbocycles. The Kier molecular flexibility index (Phi) is 5.12. The normalized spacial score (nSPS) is 16.6. The molecule has 3 heterocycles. The first-order valence-corrected chi connectivity index (χ1v) is 7.85. The number of methoxy groups -OCH3 is 2. The largest absolute Gasteiger partial charge is 0.418 e. The first kappa shape index (κ1) is 16.5. The number of cyclic esters (lactones) is 1. The summed E-state index contributed by atoms with van der Waals surface area (Å²) in [6, 6.07) is 2.06. The summed E-state index contributed by atoms with van der Waals surface area (Å²) in [5.41, 5.74) is 2.66. The Balaban J connectivity index is 1.96. The Morgan fingerprint density at radius 1 is 1.38 bits per heavy atom. The van der Waals surface area contributed by atoms with E-state index in [1.54, 1.807) is 32.6 Å². The minimum atomic E-state index is -0.598. The number of aryl methyl sites for hydroxylation is 1. The molecular formula is C17H21N3O4. The van der Waals surface area contributed by atoms with Gasteiger partial charge in [0.1, 0.15) is 11.5 Å². The molecule has 1 amide bonds. The maximum Gasteiger partial charge on any atom is 0.418 e. The predicted octanol–water partition coefficient (Wildman–Crippen LogP) is 2.71. The second-order valence-electron chi connectivity index (χ2n) is 5.56. The Bertz CT molecular complexity index is 668. The topological polar surface area (TPSA) is 72.9 Å². The van der Waals surface area contributed by atoms with Gasteiger partial charge >= 0.3 is 6.09 Å². The summed E-state index contributed by atoms with van der Waals surface area (Å²) in [6.07, 6.45) is 7.44. The van der Waals surface area contributed by atoms with Crippen LogP contribution in [0.15, 0.2) is 30.7 Å². The number of nitrogens with one attached hydrogen (secondary N) is 1. The fourth-order valence-corrected chi connectivity index (χ4v) is 2.82. The van der Waals surface area contributed by atoms with Crippen molar-refractivity contribution < 1.29 is 19.0 Å². The number of ether oxygens (including phenoxy) is 3. The number of allylic oxidation sites excluding steroid dienone is 2. The molecule has 0 saturated carbocycles. The maximum absolute atomic E-state index is 12.0. The third kappa shape index (κ3) is 3.42. The van der Waals surface area contributed by atoms with Crippen molar-refractivity contribution in [1.29, 1.82) is 0 Å². The average molecular weight is 331 g/mol. The van der Waals surface area contributed by atoms with Gasteiger partial charge in [0.2, 0.25) is 6.29 Å². The van der Waals surface area contributed by atoms with Crippen LogP contribution in [0.1, 0.15) is 29.5 Å². The van der Waals surface area contributed by atoms with E-state index in [0.29, 0.717) is 12.2 Å². The fraction of sp³-hybridized carbons (Fsp3) is 0.412. The van der Waals surface area contributed by atoms with Crippen molar-refractivity contribution >= 4 is 11.9 Å². The van der Waals surface area contributed by atoms with Crippen LogP contribution in [0, 0.1) is 0 Å². The molecule has 0 bridgehead atoms. The number of carbonyl (C=O) groups is 1. The molecule has 0 atom stereocenters. The SMILES string of the molecule is COC(OC)c1nc2c(cc1CN1C=CC=COC1=O)CCCN2. The minimum absolute atomic E-state index is 0.329. The molecule has 0 aromatic carbocycles. The van der Waals surface area contributed by atoms with E-state index in [0.717, 1.165) is 36.3 Å². The number of fused-ring (bicyclic) bond motifs is 1. The lowest BCUT2D eigenvalue weighted by atomic mass is 10.0. The monoisotopic (exact) mass is 331 g/mol. The van der Waals surface area contributed by atoms with Crippen LogP contribution in [0.3, 0.4) is 0 Å². The van der Waals surface area contributed by atoms with Gasteiger partial charge in [-0.15, -0.1) is 0 Å². The molecule has 7 heteroatoms. The molecule has 0 fully saturated rings.